The van der Waals surface area contributed by atoms with Gasteiger partial charge < -0.3 is 4.90 Å². The first-order chi connectivity index (χ1) is 10.1. The zero-order valence-corrected chi connectivity index (χ0v) is 12.5. The number of likely N-dealkylation sites (N-methyl/N-ethyl adjacent to an activating group) is 1. The van der Waals surface area contributed by atoms with Gasteiger partial charge in [-0.3, -0.25) is 14.5 Å². The molecular formula is C17H20N2O2. The van der Waals surface area contributed by atoms with Crippen LogP contribution in [0.1, 0.15) is 25.3 Å². The Morgan fingerprint density at radius 1 is 1.10 bits per heavy atom. The van der Waals surface area contributed by atoms with Crippen LogP contribution in [0.2, 0.25) is 0 Å². The number of carbonyl (C=O) groups excluding carboxylic acids is 2. The standard InChI is InChI=1S/C17H20N2O2/c1-12-7-6-10-19(11-12)15-14(13-8-4-3-5-9-13)16(20)18(2)17(15)21/h3-5,8-9,12H,6-7,10-11H2,1-2H3. The molecule has 2 amide bonds. The third-order valence-electron chi connectivity index (χ3n) is 4.30. The number of benzene rings is 1. The summed E-state index contributed by atoms with van der Waals surface area (Å²) in [6.07, 6.45) is 2.25. The summed E-state index contributed by atoms with van der Waals surface area (Å²) in [4.78, 5) is 28.3. The molecule has 1 saturated heterocycles. The number of nitrogens with zero attached hydrogens (tertiary/aromatic N) is 2. The molecule has 2 aliphatic rings. The Hall–Kier alpha value is -2.10. The zero-order chi connectivity index (χ0) is 15.0. The summed E-state index contributed by atoms with van der Waals surface area (Å²) in [7, 11) is 1.56. The van der Waals surface area contributed by atoms with Gasteiger partial charge in [0.15, 0.2) is 0 Å². The minimum atomic E-state index is -0.195. The van der Waals surface area contributed by atoms with Gasteiger partial charge in [-0.05, 0) is 24.3 Å². The van der Waals surface area contributed by atoms with E-state index in [1.807, 2.05) is 30.3 Å². The van der Waals surface area contributed by atoms with Gasteiger partial charge in [0.2, 0.25) is 0 Å². The highest BCUT2D eigenvalue weighted by molar-refractivity contribution is 6.35. The molecule has 1 aromatic rings. The van der Waals surface area contributed by atoms with E-state index in [0.29, 0.717) is 17.2 Å². The molecule has 1 fully saturated rings. The Morgan fingerprint density at radius 3 is 2.48 bits per heavy atom. The van der Waals surface area contributed by atoms with E-state index in [-0.39, 0.29) is 11.8 Å². The number of piperidine rings is 1. The molecule has 0 bridgehead atoms. The van der Waals surface area contributed by atoms with Crippen LogP contribution >= 0.6 is 0 Å². The van der Waals surface area contributed by atoms with Gasteiger partial charge in [-0.2, -0.15) is 0 Å². The van der Waals surface area contributed by atoms with Crippen molar-refractivity contribution in [2.75, 3.05) is 20.1 Å². The monoisotopic (exact) mass is 284 g/mol. The summed E-state index contributed by atoms with van der Waals surface area (Å²) in [6, 6.07) is 9.50. The lowest BCUT2D eigenvalue weighted by atomic mass is 9.98. The molecule has 4 heteroatoms. The first kappa shape index (κ1) is 13.9. The molecule has 0 spiro atoms. The lowest BCUT2D eigenvalue weighted by Crippen LogP contribution is -2.38. The molecule has 2 aliphatic heterocycles. The molecular weight excluding hydrogens is 264 g/mol. The summed E-state index contributed by atoms with van der Waals surface area (Å²) in [5.41, 5.74) is 1.96. The maximum absolute atomic E-state index is 12.5. The van der Waals surface area contributed by atoms with Gasteiger partial charge >= 0.3 is 0 Å². The number of amides is 2. The van der Waals surface area contributed by atoms with Crippen molar-refractivity contribution in [1.82, 2.24) is 9.80 Å². The average Bonchev–Trinajstić information content (AvgIpc) is 2.72. The van der Waals surface area contributed by atoms with E-state index >= 15 is 0 Å². The molecule has 0 aliphatic carbocycles. The minimum Gasteiger partial charge on any atom is -0.366 e. The van der Waals surface area contributed by atoms with Crippen LogP contribution in [0.5, 0.6) is 0 Å². The number of hydrogen-bond donors (Lipinski definition) is 0. The van der Waals surface area contributed by atoms with Crippen molar-refractivity contribution in [3.05, 3.63) is 41.6 Å². The van der Waals surface area contributed by atoms with Gasteiger partial charge in [0.1, 0.15) is 5.70 Å². The Bertz CT molecular complexity index is 606. The molecule has 21 heavy (non-hydrogen) atoms. The van der Waals surface area contributed by atoms with Crippen molar-refractivity contribution < 1.29 is 9.59 Å². The molecule has 4 nitrogen and oxygen atoms in total. The summed E-state index contributed by atoms with van der Waals surface area (Å²) >= 11 is 0. The highest BCUT2D eigenvalue weighted by Gasteiger charge is 2.40. The van der Waals surface area contributed by atoms with Gasteiger partial charge in [0, 0.05) is 20.1 Å². The van der Waals surface area contributed by atoms with E-state index in [1.54, 1.807) is 7.05 Å². The van der Waals surface area contributed by atoms with Gasteiger partial charge in [-0.1, -0.05) is 37.3 Å². The molecule has 0 N–H and O–H groups in total. The molecule has 0 aromatic heterocycles. The average molecular weight is 284 g/mol. The number of likely N-dealkylation sites (tertiary alicyclic amines) is 1. The minimum absolute atomic E-state index is 0.173. The van der Waals surface area contributed by atoms with Crippen molar-refractivity contribution in [1.29, 1.82) is 0 Å². The fourth-order valence-corrected chi connectivity index (χ4v) is 3.18. The van der Waals surface area contributed by atoms with Gasteiger partial charge in [0.05, 0.1) is 5.57 Å². The van der Waals surface area contributed by atoms with Crippen LogP contribution in [-0.4, -0.2) is 41.8 Å². The second kappa shape index (κ2) is 5.35. The molecule has 1 aromatic carbocycles. The van der Waals surface area contributed by atoms with Crippen molar-refractivity contribution in [3.8, 4) is 0 Å². The number of imide groups is 1. The first-order valence-electron chi connectivity index (χ1n) is 7.46. The normalized spacial score (nSPS) is 23.2. The SMILES string of the molecule is CC1CCCN(C2=C(c3ccccc3)C(=O)N(C)C2=O)C1. The van der Waals surface area contributed by atoms with Crippen molar-refractivity contribution in [2.45, 2.75) is 19.8 Å². The Labute approximate surface area is 125 Å². The molecule has 0 saturated carbocycles. The Kier molecular flexibility index (Phi) is 3.53. The van der Waals surface area contributed by atoms with Crippen molar-refractivity contribution in [2.24, 2.45) is 5.92 Å². The van der Waals surface area contributed by atoms with E-state index in [1.165, 1.54) is 11.3 Å². The predicted octanol–water partition coefficient (Wildman–Crippen LogP) is 2.13. The highest BCUT2D eigenvalue weighted by Crippen LogP contribution is 2.32. The highest BCUT2D eigenvalue weighted by atomic mass is 16.2. The van der Waals surface area contributed by atoms with Gasteiger partial charge in [-0.15, -0.1) is 0 Å². The maximum Gasteiger partial charge on any atom is 0.277 e. The number of hydrogen-bond acceptors (Lipinski definition) is 3. The van der Waals surface area contributed by atoms with E-state index in [9.17, 15) is 9.59 Å². The molecule has 1 atom stereocenters. The Morgan fingerprint density at radius 2 is 1.81 bits per heavy atom. The summed E-state index contributed by atoms with van der Waals surface area (Å²) in [5.74, 6) is 0.185. The second-order valence-electron chi connectivity index (χ2n) is 5.95. The van der Waals surface area contributed by atoms with Gasteiger partial charge in [-0.25, -0.2) is 0 Å². The number of rotatable bonds is 2. The summed E-state index contributed by atoms with van der Waals surface area (Å²) in [5, 5.41) is 0. The van der Waals surface area contributed by atoms with E-state index in [0.717, 1.165) is 25.1 Å². The molecule has 0 radical (unpaired) electrons. The van der Waals surface area contributed by atoms with E-state index in [2.05, 4.69) is 11.8 Å². The molecule has 110 valence electrons. The van der Waals surface area contributed by atoms with Crippen LogP contribution in [0.4, 0.5) is 0 Å². The van der Waals surface area contributed by atoms with E-state index < -0.39 is 0 Å². The molecule has 1 unspecified atom stereocenters. The third-order valence-corrected chi connectivity index (χ3v) is 4.30. The second-order valence-corrected chi connectivity index (χ2v) is 5.95. The quantitative estimate of drug-likeness (QED) is 0.781. The van der Waals surface area contributed by atoms with Crippen LogP contribution in [0.25, 0.3) is 5.57 Å². The van der Waals surface area contributed by atoms with Gasteiger partial charge in [0.25, 0.3) is 11.8 Å². The maximum atomic E-state index is 12.5. The molecule has 3 rings (SSSR count). The van der Waals surface area contributed by atoms with Crippen molar-refractivity contribution in [3.63, 3.8) is 0 Å². The zero-order valence-electron chi connectivity index (χ0n) is 12.5. The summed E-state index contributed by atoms with van der Waals surface area (Å²) in [6.45, 7) is 3.89. The van der Waals surface area contributed by atoms with Crippen LogP contribution in [0, 0.1) is 5.92 Å². The lowest BCUT2D eigenvalue weighted by Gasteiger charge is -2.33. The smallest absolute Gasteiger partial charge is 0.277 e. The molecule has 2 heterocycles. The predicted molar refractivity (Wildman–Crippen MR) is 81.1 cm³/mol. The van der Waals surface area contributed by atoms with Crippen molar-refractivity contribution >= 4 is 17.4 Å². The fourth-order valence-electron chi connectivity index (χ4n) is 3.18. The lowest BCUT2D eigenvalue weighted by molar-refractivity contribution is -0.136. The van der Waals surface area contributed by atoms with Crippen LogP contribution in [-0.2, 0) is 9.59 Å². The summed E-state index contributed by atoms with van der Waals surface area (Å²) < 4.78 is 0. The first-order valence-corrected chi connectivity index (χ1v) is 7.46. The third kappa shape index (κ3) is 2.35. The Balaban J connectivity index is 2.08. The topological polar surface area (TPSA) is 40.6 Å². The number of carbonyl (C=O) groups is 2. The van der Waals surface area contributed by atoms with E-state index in [4.69, 9.17) is 0 Å². The van der Waals surface area contributed by atoms with Crippen LogP contribution in [0.15, 0.2) is 36.0 Å². The van der Waals surface area contributed by atoms with Crippen LogP contribution < -0.4 is 0 Å². The van der Waals surface area contributed by atoms with Crippen LogP contribution in [0.3, 0.4) is 0 Å². The largest absolute Gasteiger partial charge is 0.366 e. The fraction of sp³-hybridized carbons (Fsp3) is 0.412.